The second-order valence-corrected chi connectivity index (χ2v) is 8.65. The summed E-state index contributed by atoms with van der Waals surface area (Å²) in [4.78, 5) is 9.23. The van der Waals surface area contributed by atoms with Crippen molar-refractivity contribution in [2.24, 2.45) is 0 Å². The van der Waals surface area contributed by atoms with Crippen LogP contribution >= 0.6 is 11.3 Å². The van der Waals surface area contributed by atoms with Crippen LogP contribution in [0.25, 0.3) is 6.08 Å². The van der Waals surface area contributed by atoms with Gasteiger partial charge >= 0.3 is 0 Å². The number of nitrogens with one attached hydrogen (secondary N) is 3. The van der Waals surface area contributed by atoms with Crippen LogP contribution in [0.5, 0.6) is 0 Å². The molecule has 0 spiro atoms. The van der Waals surface area contributed by atoms with Crippen LogP contribution in [-0.4, -0.2) is 9.97 Å². The van der Waals surface area contributed by atoms with E-state index in [1.54, 1.807) is 35.7 Å². The molecule has 7 nitrogen and oxygen atoms in total. The van der Waals surface area contributed by atoms with Crippen molar-refractivity contribution in [3.05, 3.63) is 93.3 Å². The van der Waals surface area contributed by atoms with Gasteiger partial charge in [-0.25, -0.2) is 4.98 Å². The molecule has 2 heterocycles. The number of aromatic nitrogens is 2. The van der Waals surface area contributed by atoms with Gasteiger partial charge in [0.25, 0.3) is 0 Å². The largest absolute Gasteiger partial charge is 0.377 e. The minimum Gasteiger partial charge on any atom is -0.377 e. The van der Waals surface area contributed by atoms with Gasteiger partial charge in [-0.1, -0.05) is 0 Å². The molecule has 0 amide bonds. The average Bonchev–Trinajstić information content (AvgIpc) is 3.38. The first-order valence-corrected chi connectivity index (χ1v) is 11.8. The van der Waals surface area contributed by atoms with Crippen molar-refractivity contribution in [1.29, 1.82) is 10.5 Å². The first-order chi connectivity index (χ1) is 17.1. The monoisotopic (exact) mass is 477 g/mol. The van der Waals surface area contributed by atoms with Crippen molar-refractivity contribution in [2.45, 2.75) is 20.4 Å². The molecular formula is C27H23N7S. The highest BCUT2D eigenvalue weighted by Gasteiger charge is 2.12. The Morgan fingerprint density at radius 3 is 2.46 bits per heavy atom. The van der Waals surface area contributed by atoms with E-state index < -0.39 is 0 Å². The lowest BCUT2D eigenvalue weighted by Gasteiger charge is -2.17. The average molecular weight is 478 g/mol. The van der Waals surface area contributed by atoms with E-state index in [4.69, 9.17) is 15.5 Å². The third-order valence-corrected chi connectivity index (χ3v) is 6.00. The van der Waals surface area contributed by atoms with E-state index in [1.165, 1.54) is 11.6 Å². The van der Waals surface area contributed by atoms with Gasteiger partial charge in [-0.05, 0) is 95.4 Å². The van der Waals surface area contributed by atoms with E-state index in [-0.39, 0.29) is 0 Å². The van der Waals surface area contributed by atoms with Crippen molar-refractivity contribution >= 4 is 46.2 Å². The van der Waals surface area contributed by atoms with Crippen molar-refractivity contribution in [2.75, 3.05) is 16.0 Å². The van der Waals surface area contributed by atoms with Gasteiger partial charge in [0.2, 0.25) is 5.95 Å². The van der Waals surface area contributed by atoms with Gasteiger partial charge in [0.1, 0.15) is 0 Å². The predicted octanol–water partition coefficient (Wildman–Crippen LogP) is 6.66. The molecule has 0 aliphatic carbocycles. The third kappa shape index (κ3) is 6.02. The van der Waals surface area contributed by atoms with Crippen LogP contribution in [0.3, 0.4) is 0 Å². The molecule has 0 atom stereocenters. The van der Waals surface area contributed by atoms with Crippen molar-refractivity contribution in [1.82, 2.24) is 9.97 Å². The van der Waals surface area contributed by atoms with Gasteiger partial charge in [0.05, 0.1) is 29.6 Å². The Hall–Kier alpha value is -4.66. The fourth-order valence-electron chi connectivity index (χ4n) is 3.56. The summed E-state index contributed by atoms with van der Waals surface area (Å²) in [6, 6.07) is 17.4. The molecule has 0 aliphatic heterocycles. The first kappa shape index (κ1) is 23.5. The minimum atomic E-state index is 0.433. The van der Waals surface area contributed by atoms with Crippen LogP contribution in [0.1, 0.15) is 27.8 Å². The normalized spacial score (nSPS) is 10.5. The van der Waals surface area contributed by atoms with E-state index in [0.717, 1.165) is 33.8 Å². The lowest BCUT2D eigenvalue weighted by molar-refractivity contribution is 1.11. The number of nitrogens with zero attached hydrogens (tertiary/aromatic N) is 4. The number of nitriles is 2. The van der Waals surface area contributed by atoms with Crippen LogP contribution in [0.2, 0.25) is 0 Å². The van der Waals surface area contributed by atoms with E-state index in [1.807, 2.05) is 49.6 Å². The molecule has 4 rings (SSSR count). The maximum Gasteiger partial charge on any atom is 0.229 e. The number of benzene rings is 2. The molecule has 3 N–H and O–H groups in total. The summed E-state index contributed by atoms with van der Waals surface area (Å²) in [6.45, 7) is 4.70. The van der Waals surface area contributed by atoms with E-state index in [2.05, 4.69) is 38.4 Å². The summed E-state index contributed by atoms with van der Waals surface area (Å²) in [5, 5.41) is 32.1. The van der Waals surface area contributed by atoms with Crippen LogP contribution in [0.15, 0.2) is 65.5 Å². The minimum absolute atomic E-state index is 0.433. The molecule has 0 fully saturated rings. The Morgan fingerprint density at radius 1 is 1.03 bits per heavy atom. The molecule has 8 heteroatoms. The SMILES string of the molecule is Cc1cc(/C=C/C#N)cc(C)c1Nc1nc(Nc2ccc(C#N)cc2)ncc1NCc1ccsc1. The quantitative estimate of drug-likeness (QED) is 0.243. The molecule has 2 aromatic carbocycles. The number of aryl methyl sites for hydroxylation is 2. The molecule has 35 heavy (non-hydrogen) atoms. The van der Waals surface area contributed by atoms with Crippen LogP contribution in [0.4, 0.5) is 28.8 Å². The Balaban J connectivity index is 1.65. The Bertz CT molecular complexity index is 1400. The second-order valence-electron chi connectivity index (χ2n) is 7.87. The van der Waals surface area contributed by atoms with Crippen molar-refractivity contribution < 1.29 is 0 Å². The van der Waals surface area contributed by atoms with Gasteiger partial charge in [-0.3, -0.25) is 0 Å². The first-order valence-electron chi connectivity index (χ1n) is 10.9. The van der Waals surface area contributed by atoms with E-state index in [0.29, 0.717) is 23.9 Å². The maximum atomic E-state index is 9.02. The summed E-state index contributed by atoms with van der Waals surface area (Å²) in [5.74, 6) is 1.07. The fourth-order valence-corrected chi connectivity index (χ4v) is 4.23. The summed E-state index contributed by atoms with van der Waals surface area (Å²) in [6.07, 6.45) is 5.02. The highest BCUT2D eigenvalue weighted by molar-refractivity contribution is 7.07. The third-order valence-electron chi connectivity index (χ3n) is 5.27. The topological polar surface area (TPSA) is 109 Å². The van der Waals surface area contributed by atoms with Crippen molar-refractivity contribution in [3.63, 3.8) is 0 Å². The lowest BCUT2D eigenvalue weighted by atomic mass is 10.0. The fraction of sp³-hybridized carbons (Fsp3) is 0.111. The molecule has 0 unspecified atom stereocenters. The molecule has 4 aromatic rings. The number of hydrogen-bond donors (Lipinski definition) is 3. The van der Waals surface area contributed by atoms with Gasteiger partial charge in [0, 0.05) is 24.0 Å². The Labute approximate surface area is 208 Å². The summed E-state index contributed by atoms with van der Waals surface area (Å²) in [7, 11) is 0. The maximum absolute atomic E-state index is 9.02. The van der Waals surface area contributed by atoms with E-state index in [9.17, 15) is 0 Å². The number of allylic oxidation sites excluding steroid dienone is 1. The Morgan fingerprint density at radius 2 is 1.80 bits per heavy atom. The molecule has 0 aliphatic rings. The number of anilines is 5. The number of hydrogen-bond acceptors (Lipinski definition) is 8. The van der Waals surface area contributed by atoms with Gasteiger partial charge < -0.3 is 16.0 Å². The molecule has 0 saturated heterocycles. The van der Waals surface area contributed by atoms with Gasteiger partial charge in [-0.2, -0.15) is 26.8 Å². The molecule has 0 radical (unpaired) electrons. The summed E-state index contributed by atoms with van der Waals surface area (Å²) < 4.78 is 0. The molecule has 2 aromatic heterocycles. The predicted molar refractivity (Wildman–Crippen MR) is 142 cm³/mol. The second kappa shape index (κ2) is 11.0. The zero-order valence-electron chi connectivity index (χ0n) is 19.3. The molecule has 0 bridgehead atoms. The number of rotatable bonds is 8. The smallest absolute Gasteiger partial charge is 0.229 e. The van der Waals surface area contributed by atoms with E-state index >= 15 is 0 Å². The zero-order valence-corrected chi connectivity index (χ0v) is 20.1. The van der Waals surface area contributed by atoms with Gasteiger partial charge in [-0.15, -0.1) is 0 Å². The van der Waals surface area contributed by atoms with Crippen molar-refractivity contribution in [3.8, 4) is 12.1 Å². The summed E-state index contributed by atoms with van der Waals surface area (Å²) >= 11 is 1.66. The molecular weight excluding hydrogens is 454 g/mol. The van der Waals surface area contributed by atoms with Crippen LogP contribution in [-0.2, 0) is 6.54 Å². The summed E-state index contributed by atoms with van der Waals surface area (Å²) in [5.41, 5.74) is 7.31. The molecule has 0 saturated carbocycles. The molecule has 172 valence electrons. The number of thiophene rings is 1. The standard InChI is InChI=1S/C27H23N7S/c1-18-12-21(4-3-10-28)13-19(2)25(18)33-26-24(30-15-22-9-11-35-17-22)16-31-27(34-26)32-23-7-5-20(14-29)6-8-23/h3-9,11-13,16-17,30H,15H2,1-2H3,(H2,31,32,33,34)/b4-3+. The van der Waals surface area contributed by atoms with Crippen LogP contribution in [0, 0.1) is 36.5 Å². The highest BCUT2D eigenvalue weighted by atomic mass is 32.1. The van der Waals surface area contributed by atoms with Crippen LogP contribution < -0.4 is 16.0 Å². The zero-order chi connectivity index (χ0) is 24.6. The Kier molecular flexibility index (Phi) is 7.37. The highest BCUT2D eigenvalue weighted by Crippen LogP contribution is 2.30. The lowest BCUT2D eigenvalue weighted by Crippen LogP contribution is -2.08. The van der Waals surface area contributed by atoms with Gasteiger partial charge in [0.15, 0.2) is 5.82 Å².